The van der Waals surface area contributed by atoms with Crippen molar-refractivity contribution in [3.8, 4) is 0 Å². The smallest absolute Gasteiger partial charge is 0.191 e. The van der Waals surface area contributed by atoms with Gasteiger partial charge in [0.15, 0.2) is 5.96 Å². The Kier molecular flexibility index (Phi) is 7.91. The summed E-state index contributed by atoms with van der Waals surface area (Å²) in [6.45, 7) is 12.9. The van der Waals surface area contributed by atoms with Crippen LogP contribution in [0.25, 0.3) is 0 Å². The van der Waals surface area contributed by atoms with Gasteiger partial charge in [-0.05, 0) is 30.7 Å². The Hall–Kier alpha value is -2.34. The minimum atomic E-state index is 0.148. The van der Waals surface area contributed by atoms with Crippen LogP contribution in [0.15, 0.2) is 47.7 Å². The zero-order chi connectivity index (χ0) is 21.4. The van der Waals surface area contributed by atoms with E-state index in [-0.39, 0.29) is 11.5 Å². The molecule has 1 aliphatic rings. The average Bonchev–Trinajstić information content (AvgIpc) is 3.17. The standard InChI is InChI=1S/C24H37N5O/c1-5-25-23(27-16-21-12-9-13-30-22(21)24(2,3)4)26-14-20-15-28-29(18-20)17-19-10-7-6-8-11-19/h6-8,10-11,15,18,21-22H,5,9,12-14,16-17H2,1-4H3,(H2,25,26,27). The molecule has 6 nitrogen and oxygen atoms in total. The predicted molar refractivity (Wildman–Crippen MR) is 123 cm³/mol. The zero-order valence-electron chi connectivity index (χ0n) is 18.9. The molecule has 1 aromatic carbocycles. The molecule has 164 valence electrons. The molecule has 0 aliphatic carbocycles. The summed E-state index contributed by atoms with van der Waals surface area (Å²) in [6.07, 6.45) is 6.58. The quantitative estimate of drug-likeness (QED) is 0.537. The zero-order valence-corrected chi connectivity index (χ0v) is 18.9. The Morgan fingerprint density at radius 2 is 2.00 bits per heavy atom. The van der Waals surface area contributed by atoms with Crippen molar-refractivity contribution in [3.05, 3.63) is 53.9 Å². The van der Waals surface area contributed by atoms with Gasteiger partial charge in [0.05, 0.1) is 25.4 Å². The molecule has 2 N–H and O–H groups in total. The summed E-state index contributed by atoms with van der Waals surface area (Å²) in [7, 11) is 0. The van der Waals surface area contributed by atoms with Gasteiger partial charge in [-0.25, -0.2) is 4.99 Å². The van der Waals surface area contributed by atoms with Crippen molar-refractivity contribution in [2.45, 2.75) is 59.7 Å². The molecule has 1 aromatic heterocycles. The second kappa shape index (κ2) is 10.6. The number of ether oxygens (including phenoxy) is 1. The molecule has 3 rings (SSSR count). The summed E-state index contributed by atoms with van der Waals surface area (Å²) in [5, 5.41) is 11.4. The van der Waals surface area contributed by atoms with E-state index >= 15 is 0 Å². The van der Waals surface area contributed by atoms with E-state index < -0.39 is 0 Å². The van der Waals surface area contributed by atoms with E-state index in [0.717, 1.165) is 44.2 Å². The van der Waals surface area contributed by atoms with Crippen LogP contribution in [0, 0.1) is 11.3 Å². The van der Waals surface area contributed by atoms with E-state index in [9.17, 15) is 0 Å². The van der Waals surface area contributed by atoms with Crippen molar-refractivity contribution in [2.75, 3.05) is 19.7 Å². The molecule has 2 atom stereocenters. The molecule has 2 unspecified atom stereocenters. The van der Waals surface area contributed by atoms with Gasteiger partial charge >= 0.3 is 0 Å². The van der Waals surface area contributed by atoms with Crippen LogP contribution in [-0.4, -0.2) is 41.5 Å². The van der Waals surface area contributed by atoms with E-state index in [1.807, 2.05) is 16.9 Å². The van der Waals surface area contributed by atoms with Gasteiger partial charge in [0.25, 0.3) is 0 Å². The maximum absolute atomic E-state index is 6.12. The van der Waals surface area contributed by atoms with Crippen LogP contribution >= 0.6 is 0 Å². The second-order valence-corrected chi connectivity index (χ2v) is 9.17. The first-order valence-corrected chi connectivity index (χ1v) is 11.1. The van der Waals surface area contributed by atoms with Crippen LogP contribution in [-0.2, 0) is 17.8 Å². The van der Waals surface area contributed by atoms with Crippen LogP contribution in [0.5, 0.6) is 0 Å². The van der Waals surface area contributed by atoms with Gasteiger partial charge < -0.3 is 15.4 Å². The van der Waals surface area contributed by atoms with Crippen LogP contribution in [0.1, 0.15) is 51.7 Å². The number of nitrogens with zero attached hydrogens (tertiary/aromatic N) is 3. The third-order valence-corrected chi connectivity index (χ3v) is 5.47. The Labute approximate surface area is 181 Å². The number of nitrogens with one attached hydrogen (secondary N) is 2. The fraction of sp³-hybridized carbons (Fsp3) is 0.583. The predicted octanol–water partition coefficient (Wildman–Crippen LogP) is 3.83. The molecule has 30 heavy (non-hydrogen) atoms. The van der Waals surface area contributed by atoms with Crippen LogP contribution in [0.2, 0.25) is 0 Å². The molecule has 1 aliphatic heterocycles. The number of rotatable bonds is 7. The summed E-state index contributed by atoms with van der Waals surface area (Å²) in [5.41, 5.74) is 2.50. The van der Waals surface area contributed by atoms with Crippen molar-refractivity contribution < 1.29 is 4.74 Å². The van der Waals surface area contributed by atoms with Gasteiger partial charge in [-0.2, -0.15) is 5.10 Å². The molecule has 1 saturated heterocycles. The molecule has 6 heteroatoms. The lowest BCUT2D eigenvalue weighted by molar-refractivity contribution is -0.0835. The Morgan fingerprint density at radius 1 is 1.20 bits per heavy atom. The Morgan fingerprint density at radius 3 is 2.73 bits per heavy atom. The molecule has 0 radical (unpaired) electrons. The highest BCUT2D eigenvalue weighted by molar-refractivity contribution is 5.79. The Balaban J connectivity index is 1.56. The SMILES string of the molecule is CCNC(=NCc1cnn(Cc2ccccc2)c1)NCC1CCCOC1C(C)(C)C. The van der Waals surface area contributed by atoms with Gasteiger partial charge in [-0.1, -0.05) is 51.1 Å². The highest BCUT2D eigenvalue weighted by atomic mass is 16.5. The monoisotopic (exact) mass is 411 g/mol. The van der Waals surface area contributed by atoms with Gasteiger partial charge in [-0.15, -0.1) is 0 Å². The maximum Gasteiger partial charge on any atom is 0.191 e. The van der Waals surface area contributed by atoms with Crippen LogP contribution < -0.4 is 10.6 Å². The minimum Gasteiger partial charge on any atom is -0.377 e. The number of hydrogen-bond donors (Lipinski definition) is 2. The molecule has 0 spiro atoms. The molecule has 2 aromatic rings. The average molecular weight is 412 g/mol. The number of aromatic nitrogens is 2. The third-order valence-electron chi connectivity index (χ3n) is 5.47. The minimum absolute atomic E-state index is 0.148. The van der Waals surface area contributed by atoms with Crippen molar-refractivity contribution in [3.63, 3.8) is 0 Å². The molecular formula is C24H37N5O. The van der Waals surface area contributed by atoms with Gasteiger partial charge in [0, 0.05) is 37.4 Å². The summed E-state index contributed by atoms with van der Waals surface area (Å²) in [5.74, 6) is 1.35. The summed E-state index contributed by atoms with van der Waals surface area (Å²) < 4.78 is 8.08. The van der Waals surface area contributed by atoms with Crippen molar-refractivity contribution in [2.24, 2.45) is 16.3 Å². The van der Waals surface area contributed by atoms with Crippen molar-refractivity contribution in [1.29, 1.82) is 0 Å². The second-order valence-electron chi connectivity index (χ2n) is 9.17. The molecule has 1 fully saturated rings. The third kappa shape index (κ3) is 6.59. The largest absolute Gasteiger partial charge is 0.377 e. The molecule has 0 bridgehead atoms. The number of aliphatic imine (C=N–C) groups is 1. The number of guanidine groups is 1. The molecule has 0 saturated carbocycles. The fourth-order valence-electron chi connectivity index (χ4n) is 4.09. The number of benzene rings is 1. The van der Waals surface area contributed by atoms with Crippen LogP contribution in [0.4, 0.5) is 0 Å². The lowest BCUT2D eigenvalue weighted by Crippen LogP contribution is -2.47. The molecule has 0 amide bonds. The summed E-state index contributed by atoms with van der Waals surface area (Å²) in [4.78, 5) is 4.78. The highest BCUT2D eigenvalue weighted by Gasteiger charge is 2.35. The van der Waals surface area contributed by atoms with Crippen LogP contribution in [0.3, 0.4) is 0 Å². The topological polar surface area (TPSA) is 63.5 Å². The lowest BCUT2D eigenvalue weighted by atomic mass is 9.78. The number of hydrogen-bond acceptors (Lipinski definition) is 3. The molecule has 2 heterocycles. The van der Waals surface area contributed by atoms with E-state index in [1.54, 1.807) is 0 Å². The normalized spacial score (nSPS) is 20.2. The van der Waals surface area contributed by atoms with E-state index in [2.05, 4.69) is 73.9 Å². The van der Waals surface area contributed by atoms with Gasteiger partial charge in [0.2, 0.25) is 0 Å². The summed E-state index contributed by atoms with van der Waals surface area (Å²) >= 11 is 0. The highest BCUT2D eigenvalue weighted by Crippen LogP contribution is 2.33. The van der Waals surface area contributed by atoms with Gasteiger partial charge in [0.1, 0.15) is 0 Å². The van der Waals surface area contributed by atoms with E-state index in [1.165, 1.54) is 12.0 Å². The first-order chi connectivity index (χ1) is 14.5. The van der Waals surface area contributed by atoms with Gasteiger partial charge in [-0.3, -0.25) is 4.68 Å². The Bertz CT molecular complexity index is 793. The molecular weight excluding hydrogens is 374 g/mol. The van der Waals surface area contributed by atoms with E-state index in [0.29, 0.717) is 12.5 Å². The maximum atomic E-state index is 6.12. The van der Waals surface area contributed by atoms with Crippen molar-refractivity contribution >= 4 is 5.96 Å². The first kappa shape index (κ1) is 22.3. The summed E-state index contributed by atoms with van der Waals surface area (Å²) in [6, 6.07) is 10.4. The van der Waals surface area contributed by atoms with E-state index in [4.69, 9.17) is 9.73 Å². The van der Waals surface area contributed by atoms with Crippen molar-refractivity contribution in [1.82, 2.24) is 20.4 Å². The first-order valence-electron chi connectivity index (χ1n) is 11.1. The lowest BCUT2D eigenvalue weighted by Gasteiger charge is -2.40. The fourth-order valence-corrected chi connectivity index (χ4v) is 4.09.